The zero-order chi connectivity index (χ0) is 12.5. The summed E-state index contributed by atoms with van der Waals surface area (Å²) in [5, 5.41) is 6.21. The Hall–Kier alpha value is -2.36. The van der Waals surface area contributed by atoms with Gasteiger partial charge in [-0.15, -0.1) is 0 Å². The Balaban J connectivity index is 2.80. The number of hydrogen-bond donors (Lipinski definition) is 4. The van der Waals surface area contributed by atoms with Crippen LogP contribution >= 0.6 is 0 Å². The number of rotatable bonds is 5. The summed E-state index contributed by atoms with van der Waals surface area (Å²) in [6.45, 7) is 0. The van der Waals surface area contributed by atoms with Crippen molar-refractivity contribution in [3.8, 4) is 0 Å². The zero-order valence-corrected chi connectivity index (χ0v) is 9.85. The SMILES string of the molecule is CNC(/C=C\N)=C\C(=C/N)Nc1ccccc1. The Bertz CT molecular complexity index is 418. The van der Waals surface area contributed by atoms with Crippen molar-refractivity contribution in [2.24, 2.45) is 11.5 Å². The van der Waals surface area contributed by atoms with Gasteiger partial charge >= 0.3 is 0 Å². The van der Waals surface area contributed by atoms with Crippen LogP contribution in [0.5, 0.6) is 0 Å². The van der Waals surface area contributed by atoms with Crippen molar-refractivity contribution in [2.75, 3.05) is 12.4 Å². The van der Waals surface area contributed by atoms with E-state index in [2.05, 4.69) is 10.6 Å². The van der Waals surface area contributed by atoms with Gasteiger partial charge in [-0.2, -0.15) is 0 Å². The fraction of sp³-hybridized carbons (Fsp3) is 0.0769. The predicted molar refractivity (Wildman–Crippen MR) is 72.8 cm³/mol. The minimum atomic E-state index is 0.790. The van der Waals surface area contributed by atoms with Gasteiger partial charge in [-0.05, 0) is 30.5 Å². The quantitative estimate of drug-likeness (QED) is 0.578. The molecule has 4 nitrogen and oxygen atoms in total. The van der Waals surface area contributed by atoms with Crippen LogP contribution in [0.25, 0.3) is 0 Å². The van der Waals surface area contributed by atoms with Crippen LogP contribution in [0.1, 0.15) is 0 Å². The van der Waals surface area contributed by atoms with E-state index < -0.39 is 0 Å². The normalized spacial score (nSPS) is 12.8. The molecule has 0 aliphatic heterocycles. The fourth-order valence-electron chi connectivity index (χ4n) is 1.29. The highest BCUT2D eigenvalue weighted by molar-refractivity contribution is 5.51. The minimum absolute atomic E-state index is 0.790. The third-order valence-corrected chi connectivity index (χ3v) is 2.12. The first-order valence-electron chi connectivity index (χ1n) is 5.32. The van der Waals surface area contributed by atoms with Crippen molar-refractivity contribution in [2.45, 2.75) is 0 Å². The molecule has 1 rings (SSSR count). The van der Waals surface area contributed by atoms with Crippen LogP contribution in [-0.2, 0) is 0 Å². The molecule has 0 spiro atoms. The number of benzene rings is 1. The molecule has 0 bridgehead atoms. The van der Waals surface area contributed by atoms with Crippen molar-refractivity contribution >= 4 is 5.69 Å². The molecular formula is C13H18N4. The lowest BCUT2D eigenvalue weighted by Crippen LogP contribution is -2.07. The van der Waals surface area contributed by atoms with E-state index in [4.69, 9.17) is 11.5 Å². The number of nitrogens with one attached hydrogen (secondary N) is 2. The van der Waals surface area contributed by atoms with Crippen LogP contribution in [0.3, 0.4) is 0 Å². The van der Waals surface area contributed by atoms with Crippen molar-refractivity contribution in [1.29, 1.82) is 0 Å². The minimum Gasteiger partial charge on any atom is -0.405 e. The number of hydrogen-bond acceptors (Lipinski definition) is 4. The smallest absolute Gasteiger partial charge is 0.0562 e. The predicted octanol–water partition coefficient (Wildman–Crippen LogP) is 1.47. The maximum absolute atomic E-state index is 5.57. The van der Waals surface area contributed by atoms with E-state index in [1.165, 1.54) is 12.4 Å². The van der Waals surface area contributed by atoms with Gasteiger partial charge < -0.3 is 22.1 Å². The highest BCUT2D eigenvalue weighted by Crippen LogP contribution is 2.10. The zero-order valence-electron chi connectivity index (χ0n) is 9.85. The molecule has 0 unspecified atom stereocenters. The van der Waals surface area contributed by atoms with Gasteiger partial charge in [0.25, 0.3) is 0 Å². The van der Waals surface area contributed by atoms with E-state index in [0.717, 1.165) is 17.1 Å². The lowest BCUT2D eigenvalue weighted by Gasteiger charge is -2.08. The summed E-state index contributed by atoms with van der Waals surface area (Å²) in [5.41, 5.74) is 13.5. The highest BCUT2D eigenvalue weighted by atomic mass is 14.9. The van der Waals surface area contributed by atoms with Crippen LogP contribution in [0, 0.1) is 0 Å². The fourth-order valence-corrected chi connectivity index (χ4v) is 1.29. The largest absolute Gasteiger partial charge is 0.405 e. The molecule has 0 heterocycles. The van der Waals surface area contributed by atoms with Gasteiger partial charge in [0.2, 0.25) is 0 Å². The van der Waals surface area contributed by atoms with Crippen molar-refractivity contribution in [1.82, 2.24) is 5.32 Å². The van der Waals surface area contributed by atoms with Gasteiger partial charge in [-0.25, -0.2) is 0 Å². The van der Waals surface area contributed by atoms with Crippen LogP contribution < -0.4 is 22.1 Å². The van der Waals surface area contributed by atoms with E-state index in [1.807, 2.05) is 43.5 Å². The summed E-state index contributed by atoms with van der Waals surface area (Å²) < 4.78 is 0. The second-order valence-corrected chi connectivity index (χ2v) is 3.32. The molecule has 1 aromatic carbocycles. The Morgan fingerprint density at radius 1 is 1.12 bits per heavy atom. The second kappa shape index (κ2) is 7.00. The summed E-state index contributed by atoms with van der Waals surface area (Å²) in [4.78, 5) is 0. The van der Waals surface area contributed by atoms with Gasteiger partial charge in [0.15, 0.2) is 0 Å². The third-order valence-electron chi connectivity index (χ3n) is 2.12. The Kier molecular flexibility index (Phi) is 5.24. The van der Waals surface area contributed by atoms with Crippen LogP contribution in [0.4, 0.5) is 5.69 Å². The molecule has 90 valence electrons. The summed E-state index contributed by atoms with van der Waals surface area (Å²) >= 11 is 0. The molecule has 0 aromatic heterocycles. The number of anilines is 1. The Morgan fingerprint density at radius 2 is 1.82 bits per heavy atom. The van der Waals surface area contributed by atoms with Crippen molar-refractivity contribution < 1.29 is 0 Å². The molecule has 6 N–H and O–H groups in total. The molecule has 0 radical (unpaired) electrons. The number of nitrogens with two attached hydrogens (primary N) is 2. The molecule has 0 saturated carbocycles. The maximum Gasteiger partial charge on any atom is 0.0562 e. The molecule has 0 aliphatic carbocycles. The molecular weight excluding hydrogens is 212 g/mol. The summed E-state index contributed by atoms with van der Waals surface area (Å²) in [7, 11) is 1.82. The van der Waals surface area contributed by atoms with E-state index >= 15 is 0 Å². The van der Waals surface area contributed by atoms with Gasteiger partial charge in [-0.1, -0.05) is 18.2 Å². The van der Waals surface area contributed by atoms with Gasteiger partial charge in [0, 0.05) is 24.6 Å². The molecule has 0 saturated heterocycles. The lowest BCUT2D eigenvalue weighted by atomic mass is 10.2. The average Bonchev–Trinajstić information content (AvgIpc) is 2.38. The maximum atomic E-state index is 5.57. The van der Waals surface area contributed by atoms with Crippen LogP contribution in [-0.4, -0.2) is 7.05 Å². The van der Waals surface area contributed by atoms with Gasteiger partial charge in [0.05, 0.1) is 5.70 Å². The molecule has 0 fully saturated rings. The topological polar surface area (TPSA) is 76.1 Å². The van der Waals surface area contributed by atoms with Gasteiger partial charge in [0.1, 0.15) is 0 Å². The van der Waals surface area contributed by atoms with Gasteiger partial charge in [-0.3, -0.25) is 0 Å². The van der Waals surface area contributed by atoms with E-state index in [-0.39, 0.29) is 0 Å². The molecule has 0 amide bonds. The molecule has 17 heavy (non-hydrogen) atoms. The average molecular weight is 230 g/mol. The first kappa shape index (κ1) is 12.7. The number of likely N-dealkylation sites (N-methyl/N-ethyl adjacent to an activating group) is 1. The van der Waals surface area contributed by atoms with Crippen molar-refractivity contribution in [3.63, 3.8) is 0 Å². The standard InChI is InChI=1S/C13H18N4/c1-16-12(7-8-14)9-13(10-15)17-11-5-3-2-4-6-11/h2-10,16-17H,14-15H2,1H3/b8-7-,12-9-,13-10+. The summed E-state index contributed by atoms with van der Waals surface area (Å²) in [5.74, 6) is 0. The van der Waals surface area contributed by atoms with Crippen LogP contribution in [0.15, 0.2) is 66.3 Å². The van der Waals surface area contributed by atoms with E-state index in [9.17, 15) is 0 Å². The highest BCUT2D eigenvalue weighted by Gasteiger charge is 1.95. The molecule has 0 atom stereocenters. The van der Waals surface area contributed by atoms with E-state index in [0.29, 0.717) is 0 Å². The van der Waals surface area contributed by atoms with E-state index in [1.54, 1.807) is 6.08 Å². The lowest BCUT2D eigenvalue weighted by molar-refractivity contribution is 1.03. The summed E-state index contributed by atoms with van der Waals surface area (Å²) in [6, 6.07) is 9.81. The number of allylic oxidation sites excluding steroid dienone is 2. The Labute approximate surface area is 102 Å². The van der Waals surface area contributed by atoms with Crippen molar-refractivity contribution in [3.05, 3.63) is 66.3 Å². The molecule has 1 aromatic rings. The first-order valence-corrected chi connectivity index (χ1v) is 5.32. The van der Waals surface area contributed by atoms with Crippen LogP contribution in [0.2, 0.25) is 0 Å². The first-order chi connectivity index (χ1) is 8.30. The second-order valence-electron chi connectivity index (χ2n) is 3.32. The third kappa shape index (κ3) is 4.34. The Morgan fingerprint density at radius 3 is 2.35 bits per heavy atom. The monoisotopic (exact) mass is 230 g/mol. The molecule has 0 aliphatic rings. The molecule has 4 heteroatoms. The summed E-state index contributed by atoms with van der Waals surface area (Å²) in [6.07, 6.45) is 6.61. The number of para-hydroxylation sites is 1.